The first-order valence-electron chi connectivity index (χ1n) is 6.11. The van der Waals surface area contributed by atoms with Crippen LogP contribution >= 0.6 is 0 Å². The topological polar surface area (TPSA) is 51.2 Å². The van der Waals surface area contributed by atoms with Gasteiger partial charge in [-0.05, 0) is 36.2 Å². The van der Waals surface area contributed by atoms with Crippen molar-refractivity contribution in [2.24, 2.45) is 0 Å². The summed E-state index contributed by atoms with van der Waals surface area (Å²) in [6.07, 6.45) is 3.99. The van der Waals surface area contributed by atoms with Crippen molar-refractivity contribution in [3.05, 3.63) is 59.9 Å². The van der Waals surface area contributed by atoms with E-state index < -0.39 is 0 Å². The van der Waals surface area contributed by atoms with Crippen LogP contribution in [0.2, 0.25) is 0 Å². The van der Waals surface area contributed by atoms with Gasteiger partial charge in [-0.15, -0.1) is 0 Å². The monoisotopic (exact) mass is 256 g/mol. The zero-order chi connectivity index (χ0) is 13.5. The number of benzene rings is 1. The number of ether oxygens (including phenoxy) is 1. The molecule has 0 atom stereocenters. The lowest BCUT2D eigenvalue weighted by molar-refractivity contribution is 0.0954. The van der Waals surface area contributed by atoms with E-state index in [-0.39, 0.29) is 5.91 Å². The fourth-order valence-electron chi connectivity index (χ4n) is 1.75. The van der Waals surface area contributed by atoms with Crippen molar-refractivity contribution >= 4 is 5.91 Å². The molecule has 2 rings (SSSR count). The molecule has 1 aromatic carbocycles. The number of pyridine rings is 1. The van der Waals surface area contributed by atoms with Crippen molar-refractivity contribution in [3.63, 3.8) is 0 Å². The number of hydrogen-bond acceptors (Lipinski definition) is 3. The molecule has 1 amide bonds. The zero-order valence-electron chi connectivity index (χ0n) is 10.8. The van der Waals surface area contributed by atoms with Crippen LogP contribution in [0, 0.1) is 0 Å². The van der Waals surface area contributed by atoms with Crippen LogP contribution in [0.5, 0.6) is 5.75 Å². The molecule has 2 aromatic rings. The average Bonchev–Trinajstić information content (AvgIpc) is 2.48. The molecule has 0 spiro atoms. The van der Waals surface area contributed by atoms with Gasteiger partial charge < -0.3 is 10.1 Å². The summed E-state index contributed by atoms with van der Waals surface area (Å²) >= 11 is 0. The minimum Gasteiger partial charge on any atom is -0.497 e. The first-order valence-corrected chi connectivity index (χ1v) is 6.11. The summed E-state index contributed by atoms with van der Waals surface area (Å²) in [5.74, 6) is 0.753. The predicted molar refractivity (Wildman–Crippen MR) is 73.3 cm³/mol. The number of rotatable bonds is 5. The lowest BCUT2D eigenvalue weighted by Crippen LogP contribution is -2.25. The van der Waals surface area contributed by atoms with Gasteiger partial charge in [-0.1, -0.05) is 12.1 Å². The van der Waals surface area contributed by atoms with Gasteiger partial charge in [-0.2, -0.15) is 0 Å². The van der Waals surface area contributed by atoms with Gasteiger partial charge in [0.05, 0.1) is 7.11 Å². The van der Waals surface area contributed by atoms with E-state index in [4.69, 9.17) is 4.74 Å². The molecule has 1 N–H and O–H groups in total. The molecule has 0 bridgehead atoms. The van der Waals surface area contributed by atoms with Crippen LogP contribution in [0.1, 0.15) is 15.9 Å². The van der Waals surface area contributed by atoms with E-state index in [1.54, 1.807) is 31.6 Å². The summed E-state index contributed by atoms with van der Waals surface area (Å²) in [6.45, 7) is 0.592. The normalized spacial score (nSPS) is 9.95. The SMILES string of the molecule is COc1cccc(CCNC(=O)c2ccncc2)c1. The van der Waals surface area contributed by atoms with E-state index in [0.29, 0.717) is 12.1 Å². The summed E-state index contributed by atoms with van der Waals surface area (Å²) in [5, 5.41) is 2.88. The third-order valence-corrected chi connectivity index (χ3v) is 2.78. The van der Waals surface area contributed by atoms with E-state index in [9.17, 15) is 4.79 Å². The molecular formula is C15H16N2O2. The van der Waals surface area contributed by atoms with Crippen molar-refractivity contribution in [2.75, 3.05) is 13.7 Å². The smallest absolute Gasteiger partial charge is 0.251 e. The standard InChI is InChI=1S/C15H16N2O2/c1-19-14-4-2-3-12(11-14)5-10-17-15(18)13-6-8-16-9-7-13/h2-4,6-9,11H,5,10H2,1H3,(H,17,18). The van der Waals surface area contributed by atoms with Crippen molar-refractivity contribution in [1.29, 1.82) is 0 Å². The van der Waals surface area contributed by atoms with Crippen LogP contribution in [0.25, 0.3) is 0 Å². The summed E-state index contributed by atoms with van der Waals surface area (Å²) in [6, 6.07) is 11.2. The zero-order valence-corrected chi connectivity index (χ0v) is 10.8. The second-order valence-electron chi connectivity index (χ2n) is 4.09. The Morgan fingerprint density at radius 3 is 2.79 bits per heavy atom. The molecule has 1 aromatic heterocycles. The predicted octanol–water partition coefficient (Wildman–Crippen LogP) is 2.06. The second kappa shape index (κ2) is 6.54. The van der Waals surface area contributed by atoms with E-state index in [0.717, 1.165) is 17.7 Å². The van der Waals surface area contributed by atoms with Gasteiger partial charge in [0.2, 0.25) is 0 Å². The number of nitrogens with zero attached hydrogens (tertiary/aromatic N) is 1. The highest BCUT2D eigenvalue weighted by atomic mass is 16.5. The van der Waals surface area contributed by atoms with Crippen molar-refractivity contribution in [1.82, 2.24) is 10.3 Å². The van der Waals surface area contributed by atoms with E-state index in [2.05, 4.69) is 10.3 Å². The number of carbonyl (C=O) groups excluding carboxylic acids is 1. The molecule has 0 saturated carbocycles. The Morgan fingerprint density at radius 2 is 2.05 bits per heavy atom. The van der Waals surface area contributed by atoms with Gasteiger partial charge in [-0.3, -0.25) is 9.78 Å². The lowest BCUT2D eigenvalue weighted by atomic mass is 10.1. The summed E-state index contributed by atoms with van der Waals surface area (Å²) in [5.41, 5.74) is 1.76. The van der Waals surface area contributed by atoms with E-state index in [1.807, 2.05) is 24.3 Å². The highest BCUT2D eigenvalue weighted by molar-refractivity contribution is 5.93. The molecule has 4 nitrogen and oxygen atoms in total. The third kappa shape index (κ3) is 3.81. The number of nitrogens with one attached hydrogen (secondary N) is 1. The fourth-order valence-corrected chi connectivity index (χ4v) is 1.75. The summed E-state index contributed by atoms with van der Waals surface area (Å²) < 4.78 is 5.16. The second-order valence-corrected chi connectivity index (χ2v) is 4.09. The van der Waals surface area contributed by atoms with Crippen LogP contribution in [-0.4, -0.2) is 24.5 Å². The largest absolute Gasteiger partial charge is 0.497 e. The quantitative estimate of drug-likeness (QED) is 0.891. The molecule has 0 fully saturated rings. The maximum atomic E-state index is 11.8. The number of hydrogen-bond donors (Lipinski definition) is 1. The minimum absolute atomic E-state index is 0.0784. The van der Waals surface area contributed by atoms with Crippen molar-refractivity contribution < 1.29 is 9.53 Å². The van der Waals surface area contributed by atoms with Crippen LogP contribution < -0.4 is 10.1 Å². The first-order chi connectivity index (χ1) is 9.29. The molecular weight excluding hydrogens is 240 g/mol. The van der Waals surface area contributed by atoms with Crippen LogP contribution in [-0.2, 0) is 6.42 Å². The lowest BCUT2D eigenvalue weighted by Gasteiger charge is -2.06. The Bertz CT molecular complexity index is 541. The Morgan fingerprint density at radius 1 is 1.26 bits per heavy atom. The van der Waals surface area contributed by atoms with Gasteiger partial charge in [0, 0.05) is 24.5 Å². The van der Waals surface area contributed by atoms with E-state index >= 15 is 0 Å². The molecule has 0 radical (unpaired) electrons. The maximum absolute atomic E-state index is 11.8. The maximum Gasteiger partial charge on any atom is 0.251 e. The van der Waals surface area contributed by atoms with Gasteiger partial charge in [0.15, 0.2) is 0 Å². The van der Waals surface area contributed by atoms with Crippen molar-refractivity contribution in [2.45, 2.75) is 6.42 Å². The molecule has 19 heavy (non-hydrogen) atoms. The molecule has 1 heterocycles. The van der Waals surface area contributed by atoms with Crippen molar-refractivity contribution in [3.8, 4) is 5.75 Å². The Hall–Kier alpha value is -2.36. The van der Waals surface area contributed by atoms with Crippen LogP contribution in [0.3, 0.4) is 0 Å². The summed E-state index contributed by atoms with van der Waals surface area (Å²) in [4.78, 5) is 15.7. The van der Waals surface area contributed by atoms with Gasteiger partial charge >= 0.3 is 0 Å². The number of aromatic nitrogens is 1. The van der Waals surface area contributed by atoms with Crippen LogP contribution in [0.15, 0.2) is 48.8 Å². The summed E-state index contributed by atoms with van der Waals surface area (Å²) in [7, 11) is 1.64. The molecule has 0 aliphatic heterocycles. The molecule has 0 unspecified atom stereocenters. The third-order valence-electron chi connectivity index (χ3n) is 2.78. The highest BCUT2D eigenvalue weighted by Crippen LogP contribution is 2.12. The molecule has 0 saturated heterocycles. The molecule has 4 heteroatoms. The Balaban J connectivity index is 1.85. The highest BCUT2D eigenvalue weighted by Gasteiger charge is 2.03. The van der Waals surface area contributed by atoms with Gasteiger partial charge in [0.1, 0.15) is 5.75 Å². The number of amides is 1. The molecule has 0 aliphatic rings. The fraction of sp³-hybridized carbons (Fsp3) is 0.200. The minimum atomic E-state index is -0.0784. The number of methoxy groups -OCH3 is 1. The number of carbonyl (C=O) groups is 1. The van der Waals surface area contributed by atoms with E-state index in [1.165, 1.54) is 0 Å². The average molecular weight is 256 g/mol. The molecule has 98 valence electrons. The molecule has 0 aliphatic carbocycles. The Kier molecular flexibility index (Phi) is 4.50. The van der Waals surface area contributed by atoms with Crippen LogP contribution in [0.4, 0.5) is 0 Å². The first kappa shape index (κ1) is 13.1. The Labute approximate surface area is 112 Å². The van der Waals surface area contributed by atoms with Gasteiger partial charge in [0.25, 0.3) is 5.91 Å². The van der Waals surface area contributed by atoms with Gasteiger partial charge in [-0.25, -0.2) is 0 Å².